The third-order valence-corrected chi connectivity index (χ3v) is 5.45. The lowest BCUT2D eigenvalue weighted by Crippen LogP contribution is -2.46. The Labute approximate surface area is 180 Å². The van der Waals surface area contributed by atoms with Crippen molar-refractivity contribution in [3.05, 3.63) is 53.2 Å². The second kappa shape index (κ2) is 11.7. The fraction of sp³-hybridized carbons (Fsp3) is 0.565. The molecule has 3 rings (SSSR count). The molecule has 1 aliphatic heterocycles. The van der Waals surface area contributed by atoms with E-state index < -0.39 is 0 Å². The predicted octanol–water partition coefficient (Wildman–Crippen LogP) is 2.55. The summed E-state index contributed by atoms with van der Waals surface area (Å²) < 4.78 is 5.61. The topological polar surface area (TPSA) is 68.9 Å². The maximum atomic E-state index is 5.61. The molecule has 0 unspecified atom stereocenters. The fourth-order valence-electron chi connectivity index (χ4n) is 3.62. The van der Waals surface area contributed by atoms with Gasteiger partial charge in [-0.1, -0.05) is 30.3 Å². The summed E-state index contributed by atoms with van der Waals surface area (Å²) in [5.41, 5.74) is 2.34. The van der Waals surface area contributed by atoms with Crippen molar-refractivity contribution in [3.8, 4) is 0 Å². The summed E-state index contributed by atoms with van der Waals surface area (Å²) in [5.74, 6) is 2.34. The quantitative estimate of drug-likeness (QED) is 0.375. The summed E-state index contributed by atoms with van der Waals surface area (Å²) >= 11 is 0. The molecule has 1 aliphatic rings. The minimum Gasteiger partial charge on any atom is -0.444 e. The van der Waals surface area contributed by atoms with Gasteiger partial charge in [0, 0.05) is 45.8 Å². The highest BCUT2D eigenvalue weighted by Crippen LogP contribution is 2.09. The maximum Gasteiger partial charge on any atom is 0.216 e. The Bertz CT molecular complexity index is 761. The number of piperazine rings is 1. The average molecular weight is 413 g/mol. The van der Waals surface area contributed by atoms with Crippen LogP contribution in [-0.2, 0) is 13.1 Å². The molecule has 0 bridgehead atoms. The van der Waals surface area contributed by atoms with Crippen molar-refractivity contribution >= 4 is 5.96 Å². The van der Waals surface area contributed by atoms with E-state index in [9.17, 15) is 0 Å². The summed E-state index contributed by atoms with van der Waals surface area (Å²) in [4.78, 5) is 14.1. The van der Waals surface area contributed by atoms with Crippen LogP contribution in [-0.4, -0.2) is 66.6 Å². The van der Waals surface area contributed by atoms with Gasteiger partial charge in [-0.05, 0) is 39.3 Å². The van der Waals surface area contributed by atoms with Crippen LogP contribution in [0.1, 0.15) is 36.3 Å². The zero-order chi connectivity index (χ0) is 21.2. The number of benzene rings is 1. The van der Waals surface area contributed by atoms with Gasteiger partial charge in [0.15, 0.2) is 5.96 Å². The minimum absolute atomic E-state index is 0.452. The molecule has 0 atom stereocenters. The lowest BCUT2D eigenvalue weighted by Gasteiger charge is -2.34. The van der Waals surface area contributed by atoms with Gasteiger partial charge in [-0.3, -0.25) is 4.90 Å². The van der Waals surface area contributed by atoms with Gasteiger partial charge < -0.3 is 20.0 Å². The Morgan fingerprint density at radius 1 is 1.07 bits per heavy atom. The highest BCUT2D eigenvalue weighted by atomic mass is 16.4. The van der Waals surface area contributed by atoms with E-state index >= 15 is 0 Å². The standard InChI is InChI=1S/C23H36N6O/c1-4-24-23(26-17-22-27-19(2)20(3)30-22)25-11-8-12-28-13-15-29(16-14-28)18-21-9-6-5-7-10-21/h5-7,9-10H,4,8,11-18H2,1-3H3,(H2,24,25,26). The van der Waals surface area contributed by atoms with Crippen LogP contribution in [0.25, 0.3) is 0 Å². The summed E-state index contributed by atoms with van der Waals surface area (Å²) in [7, 11) is 0. The molecule has 0 radical (unpaired) electrons. The third kappa shape index (κ3) is 7.15. The number of nitrogens with zero attached hydrogens (tertiary/aromatic N) is 4. The molecule has 1 saturated heterocycles. The van der Waals surface area contributed by atoms with Crippen molar-refractivity contribution in [2.75, 3.05) is 45.8 Å². The number of hydrogen-bond acceptors (Lipinski definition) is 5. The van der Waals surface area contributed by atoms with E-state index in [0.29, 0.717) is 12.4 Å². The van der Waals surface area contributed by atoms with Gasteiger partial charge in [0.05, 0.1) is 5.69 Å². The molecule has 1 fully saturated rings. The molecule has 7 nitrogen and oxygen atoms in total. The van der Waals surface area contributed by atoms with Gasteiger partial charge in [0.2, 0.25) is 5.89 Å². The zero-order valence-electron chi connectivity index (χ0n) is 18.7. The van der Waals surface area contributed by atoms with Gasteiger partial charge in [-0.15, -0.1) is 0 Å². The highest BCUT2D eigenvalue weighted by Gasteiger charge is 2.16. The lowest BCUT2D eigenvalue weighted by atomic mass is 10.2. The average Bonchev–Trinajstić information content (AvgIpc) is 3.08. The molecule has 7 heteroatoms. The number of aromatic nitrogens is 1. The van der Waals surface area contributed by atoms with Crippen LogP contribution < -0.4 is 10.6 Å². The molecular weight excluding hydrogens is 376 g/mol. The first-order chi connectivity index (χ1) is 14.6. The Morgan fingerprint density at radius 2 is 1.80 bits per heavy atom. The van der Waals surface area contributed by atoms with E-state index in [4.69, 9.17) is 4.42 Å². The first-order valence-electron chi connectivity index (χ1n) is 11.1. The van der Waals surface area contributed by atoms with Gasteiger partial charge in [0.25, 0.3) is 0 Å². The Hall–Kier alpha value is -2.38. The molecule has 0 aliphatic carbocycles. The number of aliphatic imine (C=N–C) groups is 1. The Kier molecular flexibility index (Phi) is 8.71. The number of nitrogens with one attached hydrogen (secondary N) is 2. The molecule has 1 aromatic heterocycles. The van der Waals surface area contributed by atoms with Gasteiger partial charge in [0.1, 0.15) is 12.3 Å². The second-order valence-corrected chi connectivity index (χ2v) is 7.83. The number of rotatable bonds is 9. The van der Waals surface area contributed by atoms with Crippen molar-refractivity contribution in [2.45, 2.75) is 40.3 Å². The summed E-state index contributed by atoms with van der Waals surface area (Å²) in [6, 6.07) is 10.8. The number of guanidine groups is 1. The molecule has 1 aromatic carbocycles. The first-order valence-corrected chi connectivity index (χ1v) is 11.1. The van der Waals surface area contributed by atoms with E-state index in [0.717, 1.165) is 76.2 Å². The van der Waals surface area contributed by atoms with Crippen LogP contribution in [0.2, 0.25) is 0 Å². The maximum absolute atomic E-state index is 5.61. The van der Waals surface area contributed by atoms with Crippen molar-refractivity contribution in [1.29, 1.82) is 0 Å². The number of aryl methyl sites for hydroxylation is 2. The molecule has 0 saturated carbocycles. The van der Waals surface area contributed by atoms with Crippen LogP contribution >= 0.6 is 0 Å². The lowest BCUT2D eigenvalue weighted by molar-refractivity contribution is 0.126. The monoisotopic (exact) mass is 412 g/mol. The van der Waals surface area contributed by atoms with Crippen molar-refractivity contribution in [3.63, 3.8) is 0 Å². The summed E-state index contributed by atoms with van der Waals surface area (Å²) in [6.45, 7) is 14.9. The number of oxazole rings is 1. The van der Waals surface area contributed by atoms with E-state index in [2.05, 4.69) is 67.7 Å². The van der Waals surface area contributed by atoms with Crippen molar-refractivity contribution in [1.82, 2.24) is 25.4 Å². The number of hydrogen-bond donors (Lipinski definition) is 2. The van der Waals surface area contributed by atoms with Crippen LogP contribution in [0.3, 0.4) is 0 Å². The van der Waals surface area contributed by atoms with Gasteiger partial charge in [-0.25, -0.2) is 9.98 Å². The second-order valence-electron chi connectivity index (χ2n) is 7.83. The molecule has 0 spiro atoms. The molecule has 2 N–H and O–H groups in total. The van der Waals surface area contributed by atoms with E-state index in [-0.39, 0.29) is 0 Å². The highest BCUT2D eigenvalue weighted by molar-refractivity contribution is 5.79. The summed E-state index contributed by atoms with van der Waals surface area (Å²) in [6.07, 6.45) is 1.10. The molecule has 30 heavy (non-hydrogen) atoms. The van der Waals surface area contributed by atoms with E-state index in [1.807, 2.05) is 13.8 Å². The molecule has 0 amide bonds. The van der Waals surface area contributed by atoms with Crippen LogP contribution in [0.5, 0.6) is 0 Å². The van der Waals surface area contributed by atoms with Crippen LogP contribution in [0.15, 0.2) is 39.7 Å². The zero-order valence-corrected chi connectivity index (χ0v) is 18.7. The molecule has 2 heterocycles. The smallest absolute Gasteiger partial charge is 0.216 e. The predicted molar refractivity (Wildman–Crippen MR) is 122 cm³/mol. The van der Waals surface area contributed by atoms with Crippen molar-refractivity contribution in [2.24, 2.45) is 4.99 Å². The Balaban J connectivity index is 1.33. The van der Waals surface area contributed by atoms with E-state index in [1.165, 1.54) is 5.56 Å². The largest absolute Gasteiger partial charge is 0.444 e. The minimum atomic E-state index is 0.452. The van der Waals surface area contributed by atoms with E-state index in [1.54, 1.807) is 0 Å². The third-order valence-electron chi connectivity index (χ3n) is 5.45. The summed E-state index contributed by atoms with van der Waals surface area (Å²) in [5, 5.41) is 6.72. The van der Waals surface area contributed by atoms with Crippen LogP contribution in [0, 0.1) is 13.8 Å². The molecule has 2 aromatic rings. The fourth-order valence-corrected chi connectivity index (χ4v) is 3.62. The molecule has 164 valence electrons. The molecular formula is C23H36N6O. The van der Waals surface area contributed by atoms with Gasteiger partial charge >= 0.3 is 0 Å². The SMILES string of the molecule is CCNC(=NCc1nc(C)c(C)o1)NCCCN1CCN(Cc2ccccc2)CC1. The Morgan fingerprint density at radius 3 is 2.47 bits per heavy atom. The normalized spacial score (nSPS) is 16.0. The van der Waals surface area contributed by atoms with Crippen molar-refractivity contribution < 1.29 is 4.42 Å². The first kappa shape index (κ1) is 22.3. The van der Waals surface area contributed by atoms with Gasteiger partial charge in [-0.2, -0.15) is 0 Å². The van der Waals surface area contributed by atoms with Crippen LogP contribution in [0.4, 0.5) is 0 Å².